The Labute approximate surface area is 480 Å². The summed E-state index contributed by atoms with van der Waals surface area (Å²) >= 11 is 0. The summed E-state index contributed by atoms with van der Waals surface area (Å²) < 4.78 is 124. The summed E-state index contributed by atoms with van der Waals surface area (Å²) in [6, 6.07) is 42.7. The molecule has 0 unspecified atom stereocenters. The molecule has 0 fully saturated rings. The molecule has 5 aromatic heterocycles. The van der Waals surface area contributed by atoms with Crippen molar-refractivity contribution in [3.05, 3.63) is 211 Å². The molecule has 10 bridgehead atoms. The maximum atomic E-state index is 10.2. The van der Waals surface area contributed by atoms with Gasteiger partial charge in [-0.15, -0.1) is 28.6 Å². The van der Waals surface area contributed by atoms with Crippen molar-refractivity contribution in [3.8, 4) is 22.5 Å². The summed E-state index contributed by atoms with van der Waals surface area (Å²) in [5.41, 5.74) is 6.12. The number of imidazole rings is 1. The third kappa shape index (κ3) is 8.89. The molecular formula is C70H63N4O2Pt-3. The topological polar surface area (TPSA) is 53.4 Å². The summed E-state index contributed by atoms with van der Waals surface area (Å²) in [6.07, 6.45) is 1.16. The largest absolute Gasteiger partial charge is 0.510 e. The van der Waals surface area contributed by atoms with E-state index in [1.807, 2.05) is 106 Å². The molecule has 0 radical (unpaired) electrons. The molecule has 388 valence electrons. The summed E-state index contributed by atoms with van der Waals surface area (Å²) in [6.45, 7) is 15.6. The van der Waals surface area contributed by atoms with Crippen LogP contribution in [0.4, 0.5) is 0 Å². The number of pyridine rings is 1. The summed E-state index contributed by atoms with van der Waals surface area (Å²) in [5, 5.41) is 3.09. The fourth-order valence-electron chi connectivity index (χ4n) is 11.1. The van der Waals surface area contributed by atoms with Crippen LogP contribution in [0.1, 0.15) is 106 Å². The van der Waals surface area contributed by atoms with Gasteiger partial charge >= 0.3 is 0 Å². The van der Waals surface area contributed by atoms with E-state index in [1.54, 1.807) is 68.6 Å². The molecule has 0 amide bonds. The molecule has 15 rings (SSSR count). The number of rotatable bonds is 5. The number of para-hydroxylation sites is 5. The second-order valence-corrected chi connectivity index (χ2v) is 22.0. The van der Waals surface area contributed by atoms with Gasteiger partial charge in [0, 0.05) is 66.5 Å². The average Bonchev–Trinajstić information content (AvgIpc) is 1.26. The van der Waals surface area contributed by atoms with Crippen molar-refractivity contribution >= 4 is 82.4 Å². The molecular weight excluding hydrogens is 1120 g/mol. The van der Waals surface area contributed by atoms with Crippen LogP contribution in [-0.2, 0) is 44.6 Å². The third-order valence-electron chi connectivity index (χ3n) is 14.9. The van der Waals surface area contributed by atoms with Gasteiger partial charge < -0.3 is 22.4 Å². The maximum absolute atomic E-state index is 10.2. The van der Waals surface area contributed by atoms with E-state index < -0.39 is 47.5 Å². The summed E-state index contributed by atoms with van der Waals surface area (Å²) in [7, 11) is 0. The number of aromatic nitrogens is 4. The van der Waals surface area contributed by atoms with Crippen LogP contribution in [0.2, 0.25) is 0 Å². The molecule has 13 aromatic rings. The first-order valence-corrected chi connectivity index (χ1v) is 26.1. The first kappa shape index (κ1) is 38.9. The van der Waals surface area contributed by atoms with Gasteiger partial charge in [0.25, 0.3) is 0 Å². The minimum Gasteiger partial charge on any atom is -0.510 e. The zero-order chi connectivity index (χ0) is 61.7. The second-order valence-electron chi connectivity index (χ2n) is 22.0. The molecule has 7 heteroatoms. The fourth-order valence-corrected chi connectivity index (χ4v) is 11.1. The molecule has 6 nitrogen and oxygen atoms in total. The van der Waals surface area contributed by atoms with E-state index in [0.717, 1.165) is 46.1 Å². The van der Waals surface area contributed by atoms with E-state index in [1.165, 1.54) is 0 Å². The fraction of sp³-hybridized carbons (Fsp3) is 0.229. The van der Waals surface area contributed by atoms with Crippen molar-refractivity contribution in [2.24, 2.45) is 11.8 Å². The molecule has 0 N–H and O–H groups in total. The summed E-state index contributed by atoms with van der Waals surface area (Å²) in [5.74, 6) is -1.09. The van der Waals surface area contributed by atoms with Crippen LogP contribution in [0.15, 0.2) is 185 Å². The van der Waals surface area contributed by atoms with Crippen LogP contribution in [0.25, 0.3) is 105 Å². The van der Waals surface area contributed by atoms with Crippen molar-refractivity contribution < 1.29 is 45.0 Å². The van der Waals surface area contributed by atoms with Crippen LogP contribution < -0.4 is 0 Å². The van der Waals surface area contributed by atoms with Gasteiger partial charge in [-0.3, -0.25) is 0 Å². The maximum Gasteiger partial charge on any atom is 0.135 e. The Morgan fingerprint density at radius 1 is 0.662 bits per heavy atom. The van der Waals surface area contributed by atoms with Crippen LogP contribution in [0, 0.1) is 24.0 Å². The van der Waals surface area contributed by atoms with Gasteiger partial charge in [-0.2, -0.15) is 24.3 Å². The zero-order valence-corrected chi connectivity index (χ0v) is 46.5. The van der Waals surface area contributed by atoms with E-state index in [-0.39, 0.29) is 95.6 Å². The van der Waals surface area contributed by atoms with Crippen molar-refractivity contribution in [1.82, 2.24) is 18.5 Å². The first-order valence-electron chi connectivity index (χ1n) is 31.6. The van der Waals surface area contributed by atoms with Gasteiger partial charge in [-0.05, 0) is 127 Å². The average molecular weight is 1200 g/mol. The SMILES string of the molecule is [2H]c1c([2H])c2c(c([2H])c1-c1cccc3c4ccc(cc4)oc4ccccc4c4cnc(cc4C([2H])([2H])C(C)C)n4c5[c-]c(ccc5c5c([2H])c([2H])c([2H])c([2H])c54)oc4[c-]c(ccc4C([2H])([2H])C(C)C)n4[cH-]n(c13)-c1ccccc1-4)C(C)(C)CCC2(C)C.[Pt]. The summed E-state index contributed by atoms with van der Waals surface area (Å²) in [4.78, 5) is 5.01. The van der Waals surface area contributed by atoms with Gasteiger partial charge in [0.2, 0.25) is 0 Å². The monoisotopic (exact) mass is 1200 g/mol. The molecule has 0 atom stereocenters. The van der Waals surface area contributed by atoms with Crippen LogP contribution in [0.5, 0.6) is 0 Å². The molecule has 1 aliphatic heterocycles. The van der Waals surface area contributed by atoms with Crippen LogP contribution in [-0.4, -0.2) is 18.5 Å². The van der Waals surface area contributed by atoms with Gasteiger partial charge in [0.15, 0.2) is 0 Å². The van der Waals surface area contributed by atoms with E-state index in [4.69, 9.17) is 16.6 Å². The first-order chi connectivity index (χ1) is 41.2. The van der Waals surface area contributed by atoms with Crippen molar-refractivity contribution in [3.63, 3.8) is 0 Å². The van der Waals surface area contributed by atoms with Gasteiger partial charge in [0.1, 0.15) is 16.8 Å². The minimum atomic E-state index is -2.00. The minimum absolute atomic E-state index is 0. The predicted octanol–water partition coefficient (Wildman–Crippen LogP) is 18.7. The van der Waals surface area contributed by atoms with E-state index >= 15 is 0 Å². The molecule has 77 heavy (non-hydrogen) atoms. The molecule has 1 aliphatic carbocycles. The van der Waals surface area contributed by atoms with E-state index in [0.29, 0.717) is 49.5 Å². The van der Waals surface area contributed by atoms with E-state index in [2.05, 4.69) is 39.8 Å². The Morgan fingerprint density at radius 2 is 1.38 bits per heavy atom. The molecule has 6 heterocycles. The van der Waals surface area contributed by atoms with Gasteiger partial charge in [0.05, 0.1) is 9.60 Å². The quantitative estimate of drug-likeness (QED) is 0.161. The number of nitrogens with zero attached hydrogens (tertiary/aromatic N) is 4. The Balaban J connectivity index is 0.00000754. The number of hydrogen-bond donors (Lipinski definition) is 0. The number of hydrogen-bond acceptors (Lipinski definition) is 3. The Hall–Kier alpha value is -7.53. The standard InChI is InChI=1S/C70H63N4O2.Pt/c1-44(2)36-48-24-28-50-40-66(48)76-52-31-32-56-55-16-9-11-20-61(55)74(64(56)41-52)67-39-49(37-45(3)4)58(42-71-67)57-17-10-14-23-65(57)75-51-29-25-46(26-30-51)53-18-15-19-54(68(53)73-43-72(50)62-21-12-13-22-63(62)73)47-27-33-59-60(38-47)70(7,8)35-34-69(59,5)6;/h9-33,38-39,42-45H,34-37H2,1-8H3;/q-3;/i9D,11D,16D,20D,27D,33D,36D2,37D2,38D;. The van der Waals surface area contributed by atoms with Crippen molar-refractivity contribution in [2.75, 3.05) is 0 Å². The third-order valence-corrected chi connectivity index (χ3v) is 14.9. The molecule has 0 spiro atoms. The van der Waals surface area contributed by atoms with E-state index in [9.17, 15) is 12.3 Å². The number of fused-ring (bicyclic) bond motifs is 6. The van der Waals surface area contributed by atoms with Gasteiger partial charge in [-0.1, -0.05) is 182 Å². The Morgan fingerprint density at radius 3 is 2.17 bits per heavy atom. The second kappa shape index (κ2) is 19.5. The predicted molar refractivity (Wildman–Crippen MR) is 316 cm³/mol. The number of benzene rings is 8. The van der Waals surface area contributed by atoms with Crippen LogP contribution in [0.3, 0.4) is 0 Å². The van der Waals surface area contributed by atoms with Crippen molar-refractivity contribution in [2.45, 2.75) is 91.8 Å². The molecule has 8 aromatic carbocycles. The zero-order valence-electron chi connectivity index (χ0n) is 55.2. The normalized spacial score (nSPS) is 16.5. The smallest absolute Gasteiger partial charge is 0.135 e. The Kier molecular flexibility index (Phi) is 9.85. The molecule has 0 saturated carbocycles. The Bertz CT molecular complexity index is 5050. The van der Waals surface area contributed by atoms with Crippen molar-refractivity contribution in [1.29, 1.82) is 0 Å². The molecule has 0 saturated heterocycles. The van der Waals surface area contributed by atoms with Gasteiger partial charge in [-0.25, -0.2) is 4.98 Å². The molecule has 2 aliphatic rings. The van der Waals surface area contributed by atoms with Crippen LogP contribution >= 0.6 is 0 Å².